The molecule has 0 amide bonds. The van der Waals surface area contributed by atoms with E-state index in [2.05, 4.69) is 0 Å². The molecular formula is C7H11O2. The smallest absolute Gasteiger partial charge is 0.247 e. The summed E-state index contributed by atoms with van der Waals surface area (Å²) in [4.78, 5) is 10.3. The van der Waals surface area contributed by atoms with Crippen molar-refractivity contribution in [2.75, 3.05) is 0 Å². The summed E-state index contributed by atoms with van der Waals surface area (Å²) in [6, 6.07) is 0. The molecular weight excluding hydrogens is 116 g/mol. The normalized spacial score (nSPS) is 40.4. The van der Waals surface area contributed by atoms with Gasteiger partial charge in [0.1, 0.15) is 0 Å². The van der Waals surface area contributed by atoms with E-state index in [-0.39, 0.29) is 0 Å². The Morgan fingerprint density at radius 3 is 2.44 bits per heavy atom. The highest BCUT2D eigenvalue weighted by Gasteiger charge is 2.56. The van der Waals surface area contributed by atoms with Crippen molar-refractivity contribution in [3.63, 3.8) is 0 Å². The first kappa shape index (κ1) is 6.59. The van der Waals surface area contributed by atoms with Crippen LogP contribution in [-0.2, 0) is 9.90 Å². The second-order valence-corrected chi connectivity index (χ2v) is 3.01. The first-order chi connectivity index (χ1) is 4.11. The van der Waals surface area contributed by atoms with Gasteiger partial charge in [0.25, 0.3) is 0 Å². The third-order valence-electron chi connectivity index (χ3n) is 2.37. The second-order valence-electron chi connectivity index (χ2n) is 3.01. The molecule has 9 heavy (non-hydrogen) atoms. The SMILES string of the molecule is CCC1CC1(C)C([O])=O. The number of carbonyl (C=O) groups is 1. The standard InChI is InChI=1S/C7H11O2/c1-3-5-4-7(5,2)6(8)9/h5H,3-4H2,1-2H3. The lowest BCUT2D eigenvalue weighted by Gasteiger charge is -1.97. The van der Waals surface area contributed by atoms with Crippen molar-refractivity contribution in [2.24, 2.45) is 11.3 Å². The fourth-order valence-corrected chi connectivity index (χ4v) is 1.30. The molecule has 0 aromatic heterocycles. The lowest BCUT2D eigenvalue weighted by Crippen LogP contribution is -2.10. The molecule has 2 atom stereocenters. The van der Waals surface area contributed by atoms with E-state index in [1.165, 1.54) is 0 Å². The maximum atomic E-state index is 10.3. The van der Waals surface area contributed by atoms with Crippen molar-refractivity contribution in [1.82, 2.24) is 0 Å². The Labute approximate surface area is 54.9 Å². The number of hydrogen-bond donors (Lipinski definition) is 0. The van der Waals surface area contributed by atoms with Gasteiger partial charge in [0.05, 0.1) is 5.41 Å². The maximum absolute atomic E-state index is 10.3. The van der Waals surface area contributed by atoms with Crippen LogP contribution < -0.4 is 0 Å². The van der Waals surface area contributed by atoms with Gasteiger partial charge in [-0.3, -0.25) is 0 Å². The third-order valence-corrected chi connectivity index (χ3v) is 2.37. The largest absolute Gasteiger partial charge is 0.361 e. The maximum Gasteiger partial charge on any atom is 0.361 e. The van der Waals surface area contributed by atoms with E-state index >= 15 is 0 Å². The second kappa shape index (κ2) is 1.72. The first-order valence-corrected chi connectivity index (χ1v) is 3.32. The Balaban J connectivity index is 2.52. The lowest BCUT2D eigenvalue weighted by atomic mass is 10.1. The van der Waals surface area contributed by atoms with Crippen molar-refractivity contribution < 1.29 is 9.90 Å². The van der Waals surface area contributed by atoms with E-state index in [0.29, 0.717) is 5.92 Å². The molecule has 1 radical (unpaired) electrons. The molecule has 2 heteroatoms. The molecule has 0 aromatic carbocycles. The van der Waals surface area contributed by atoms with E-state index in [1.54, 1.807) is 6.92 Å². The fraction of sp³-hybridized carbons (Fsp3) is 0.857. The molecule has 0 aromatic rings. The Morgan fingerprint density at radius 1 is 1.78 bits per heavy atom. The highest BCUT2D eigenvalue weighted by Crippen LogP contribution is 2.54. The average molecular weight is 127 g/mol. The fourth-order valence-electron chi connectivity index (χ4n) is 1.30. The van der Waals surface area contributed by atoms with Gasteiger partial charge in [0.2, 0.25) is 0 Å². The van der Waals surface area contributed by atoms with Gasteiger partial charge in [-0.15, -0.1) is 0 Å². The summed E-state index contributed by atoms with van der Waals surface area (Å²) >= 11 is 0. The van der Waals surface area contributed by atoms with Crippen molar-refractivity contribution in [2.45, 2.75) is 26.7 Å². The molecule has 0 saturated heterocycles. The monoisotopic (exact) mass is 127 g/mol. The summed E-state index contributed by atoms with van der Waals surface area (Å²) in [6.07, 6.45) is 1.77. The van der Waals surface area contributed by atoms with E-state index in [9.17, 15) is 9.90 Å². The molecule has 1 aliphatic carbocycles. The van der Waals surface area contributed by atoms with Crippen molar-refractivity contribution in [3.8, 4) is 0 Å². The van der Waals surface area contributed by atoms with Gasteiger partial charge in [0, 0.05) is 0 Å². The van der Waals surface area contributed by atoms with Crippen molar-refractivity contribution in [3.05, 3.63) is 0 Å². The van der Waals surface area contributed by atoms with E-state index in [0.717, 1.165) is 12.8 Å². The first-order valence-electron chi connectivity index (χ1n) is 3.32. The number of rotatable bonds is 2. The van der Waals surface area contributed by atoms with E-state index in [1.807, 2.05) is 6.92 Å². The quantitative estimate of drug-likeness (QED) is 0.552. The summed E-state index contributed by atoms with van der Waals surface area (Å²) in [7, 11) is 0. The minimum absolute atomic E-state index is 0.377. The van der Waals surface area contributed by atoms with Crippen LogP contribution in [0.4, 0.5) is 0 Å². The van der Waals surface area contributed by atoms with Crippen LogP contribution in [0.5, 0.6) is 0 Å². The Morgan fingerprint density at radius 2 is 2.33 bits per heavy atom. The zero-order valence-corrected chi connectivity index (χ0v) is 5.81. The Kier molecular flexibility index (Phi) is 1.26. The van der Waals surface area contributed by atoms with Crippen LogP contribution >= 0.6 is 0 Å². The molecule has 1 saturated carbocycles. The molecule has 2 unspecified atom stereocenters. The van der Waals surface area contributed by atoms with Gasteiger partial charge in [-0.1, -0.05) is 13.3 Å². The van der Waals surface area contributed by atoms with Gasteiger partial charge >= 0.3 is 5.97 Å². The zero-order chi connectivity index (χ0) is 7.07. The van der Waals surface area contributed by atoms with Crippen molar-refractivity contribution in [1.29, 1.82) is 0 Å². The molecule has 1 aliphatic rings. The van der Waals surface area contributed by atoms with Crippen LogP contribution in [-0.4, -0.2) is 5.97 Å². The molecule has 51 valence electrons. The molecule has 1 fully saturated rings. The van der Waals surface area contributed by atoms with Crippen LogP contribution in [0.25, 0.3) is 0 Å². The minimum atomic E-state index is -0.880. The number of carbonyl (C=O) groups excluding carboxylic acids is 1. The van der Waals surface area contributed by atoms with Crippen LogP contribution in [0, 0.1) is 11.3 Å². The van der Waals surface area contributed by atoms with Gasteiger partial charge in [0.15, 0.2) is 0 Å². The zero-order valence-electron chi connectivity index (χ0n) is 5.81. The summed E-state index contributed by atoms with van der Waals surface area (Å²) in [5.41, 5.74) is -0.477. The van der Waals surface area contributed by atoms with Gasteiger partial charge in [-0.25, -0.2) is 9.90 Å². The third kappa shape index (κ3) is 0.824. The highest BCUT2D eigenvalue weighted by molar-refractivity contribution is 5.77. The molecule has 0 heterocycles. The number of hydrogen-bond acceptors (Lipinski definition) is 1. The predicted molar refractivity (Wildman–Crippen MR) is 32.2 cm³/mol. The van der Waals surface area contributed by atoms with Crippen LogP contribution in [0.1, 0.15) is 26.7 Å². The van der Waals surface area contributed by atoms with E-state index < -0.39 is 11.4 Å². The summed E-state index contributed by atoms with van der Waals surface area (Å²) < 4.78 is 0. The van der Waals surface area contributed by atoms with Crippen LogP contribution in [0.2, 0.25) is 0 Å². The summed E-state index contributed by atoms with van der Waals surface area (Å²) in [5.74, 6) is -0.503. The summed E-state index contributed by atoms with van der Waals surface area (Å²) in [6.45, 7) is 3.77. The molecule has 0 spiro atoms. The molecule has 0 aliphatic heterocycles. The van der Waals surface area contributed by atoms with Crippen LogP contribution in [0.15, 0.2) is 0 Å². The van der Waals surface area contributed by atoms with Gasteiger partial charge in [-0.2, -0.15) is 0 Å². The Bertz CT molecular complexity index is 142. The average Bonchev–Trinajstić information content (AvgIpc) is 2.44. The van der Waals surface area contributed by atoms with Crippen molar-refractivity contribution >= 4 is 5.97 Å². The minimum Gasteiger partial charge on any atom is -0.247 e. The Hall–Kier alpha value is -0.530. The molecule has 2 nitrogen and oxygen atoms in total. The van der Waals surface area contributed by atoms with Crippen LogP contribution in [0.3, 0.4) is 0 Å². The topological polar surface area (TPSA) is 37.0 Å². The molecule has 0 bridgehead atoms. The van der Waals surface area contributed by atoms with Gasteiger partial charge in [-0.05, 0) is 19.3 Å². The summed E-state index contributed by atoms with van der Waals surface area (Å²) in [5, 5.41) is 10.3. The predicted octanol–water partition coefficient (Wildman–Crippen LogP) is 1.38. The van der Waals surface area contributed by atoms with E-state index in [4.69, 9.17) is 0 Å². The lowest BCUT2D eigenvalue weighted by molar-refractivity contribution is -0.149. The highest BCUT2D eigenvalue weighted by atomic mass is 16.4. The van der Waals surface area contributed by atoms with Gasteiger partial charge < -0.3 is 0 Å². The molecule has 0 N–H and O–H groups in total. The molecule has 1 rings (SSSR count).